The summed E-state index contributed by atoms with van der Waals surface area (Å²) < 4.78 is 5.48. The Morgan fingerprint density at radius 1 is 1.28 bits per heavy atom. The molecule has 2 rings (SSSR count). The second-order valence-corrected chi connectivity index (χ2v) is 8.84. The number of hydrogen-bond acceptors (Lipinski definition) is 5. The Balaban J connectivity index is 2.45. The number of hydrogen-bond donors (Lipinski definition) is 0. The molecule has 0 aromatic heterocycles. The molecule has 0 spiro atoms. The molecule has 0 bridgehead atoms. The van der Waals surface area contributed by atoms with Crippen molar-refractivity contribution in [2.45, 2.75) is 65.5 Å². The Hall–Kier alpha value is -2.67. The molecule has 0 saturated heterocycles. The van der Waals surface area contributed by atoms with E-state index in [4.69, 9.17) is 4.74 Å². The normalized spacial score (nSPS) is 16.7. The predicted molar refractivity (Wildman–Crippen MR) is 128 cm³/mol. The molecule has 2 amide bonds. The molecule has 176 valence electrons. The van der Waals surface area contributed by atoms with Gasteiger partial charge in [-0.2, -0.15) is 0 Å². The number of anilines is 2. The molecule has 0 aliphatic carbocycles. The lowest BCUT2D eigenvalue weighted by Gasteiger charge is -2.41. The van der Waals surface area contributed by atoms with E-state index < -0.39 is 6.09 Å². The average molecular weight is 444 g/mol. The summed E-state index contributed by atoms with van der Waals surface area (Å²) >= 11 is 0. The number of nitrogens with zero attached hydrogens (tertiary/aromatic N) is 3. The number of rotatable bonds is 9. The van der Waals surface area contributed by atoms with Gasteiger partial charge in [-0.15, -0.1) is 6.58 Å². The number of allylic oxidation sites excluding steroid dienone is 1. The summed E-state index contributed by atoms with van der Waals surface area (Å²) in [5.41, 5.74) is 2.40. The molecule has 1 aromatic rings. The summed E-state index contributed by atoms with van der Waals surface area (Å²) in [6, 6.07) is 5.72. The van der Waals surface area contributed by atoms with Crippen molar-refractivity contribution >= 4 is 29.2 Å². The average Bonchev–Trinajstić information content (AvgIpc) is 2.71. The Morgan fingerprint density at radius 3 is 2.53 bits per heavy atom. The first-order valence-electron chi connectivity index (χ1n) is 11.3. The van der Waals surface area contributed by atoms with Crippen molar-refractivity contribution in [3.8, 4) is 0 Å². The van der Waals surface area contributed by atoms with Crippen LogP contribution in [0.15, 0.2) is 30.9 Å². The second-order valence-electron chi connectivity index (χ2n) is 8.84. The van der Waals surface area contributed by atoms with E-state index in [0.717, 1.165) is 12.0 Å². The van der Waals surface area contributed by atoms with Crippen molar-refractivity contribution in [3.63, 3.8) is 0 Å². The number of fused-ring (bicyclic) bond motifs is 1. The van der Waals surface area contributed by atoms with Gasteiger partial charge in [0.2, 0.25) is 5.91 Å². The molecule has 0 radical (unpaired) electrons. The zero-order valence-electron chi connectivity index (χ0n) is 20.3. The maximum absolute atomic E-state index is 12.9. The van der Waals surface area contributed by atoms with E-state index in [1.165, 1.54) is 6.92 Å². The minimum absolute atomic E-state index is 0.0659. The van der Waals surface area contributed by atoms with Crippen LogP contribution >= 0.6 is 0 Å². The summed E-state index contributed by atoms with van der Waals surface area (Å²) in [5.74, 6) is 0.230. The Labute approximate surface area is 192 Å². The van der Waals surface area contributed by atoms with Crippen LogP contribution < -0.4 is 9.80 Å². The first-order valence-corrected chi connectivity index (χ1v) is 11.3. The van der Waals surface area contributed by atoms with Gasteiger partial charge in [0.05, 0.1) is 30.1 Å². The van der Waals surface area contributed by atoms with Gasteiger partial charge in [0, 0.05) is 32.4 Å². The van der Waals surface area contributed by atoms with Gasteiger partial charge in [-0.25, -0.2) is 4.79 Å². The molecule has 7 heteroatoms. The van der Waals surface area contributed by atoms with Crippen LogP contribution in [-0.4, -0.2) is 61.5 Å². The van der Waals surface area contributed by atoms with Crippen molar-refractivity contribution < 1.29 is 19.1 Å². The minimum atomic E-state index is -0.417. The van der Waals surface area contributed by atoms with Crippen molar-refractivity contribution in [1.29, 1.82) is 0 Å². The van der Waals surface area contributed by atoms with Crippen LogP contribution in [0.25, 0.3) is 0 Å². The molecule has 0 N–H and O–H groups in total. The van der Waals surface area contributed by atoms with Gasteiger partial charge < -0.3 is 9.64 Å². The number of Topliss-reactive ketones (excluding diaryl/α,β-unsaturated/α-hetero) is 1. The maximum atomic E-state index is 12.9. The highest BCUT2D eigenvalue weighted by atomic mass is 16.6. The first kappa shape index (κ1) is 25.6. The molecular weight excluding hydrogens is 406 g/mol. The zero-order chi connectivity index (χ0) is 24.0. The van der Waals surface area contributed by atoms with E-state index in [1.807, 2.05) is 63.9 Å². The highest BCUT2D eigenvalue weighted by molar-refractivity contribution is 6.02. The van der Waals surface area contributed by atoms with Gasteiger partial charge in [-0.05, 0) is 51.9 Å². The summed E-state index contributed by atoms with van der Waals surface area (Å²) in [7, 11) is 1.94. The van der Waals surface area contributed by atoms with Gasteiger partial charge in [-0.1, -0.05) is 19.1 Å². The fraction of sp³-hybridized carbons (Fsp3) is 0.560. The minimum Gasteiger partial charge on any atom is -0.446 e. The Bertz CT molecular complexity index is 852. The standard InChI is InChI=1S/C25H37N3O4/c1-8-10-21(15-26(7)16-22(30)9-2)20-11-12-23-24(13-20)27(25(31)32-17(3)4)14-18(5)28(23)19(6)29/h8,11-13,17-18,21H,1,9-10,14-16H2,2-7H3/t18-,21?/m0/s1. The number of likely N-dealkylation sites (N-methyl/N-ethyl adjacent to an activating group) is 1. The van der Waals surface area contributed by atoms with Crippen molar-refractivity contribution in [1.82, 2.24) is 4.90 Å². The molecule has 1 aliphatic heterocycles. The number of carbonyl (C=O) groups is 3. The molecule has 1 unspecified atom stereocenters. The third kappa shape index (κ3) is 6.19. The third-order valence-corrected chi connectivity index (χ3v) is 5.63. The van der Waals surface area contributed by atoms with E-state index in [9.17, 15) is 14.4 Å². The lowest BCUT2D eigenvalue weighted by molar-refractivity contribution is -0.119. The highest BCUT2D eigenvalue weighted by Gasteiger charge is 2.35. The molecule has 1 heterocycles. The summed E-state index contributed by atoms with van der Waals surface area (Å²) in [4.78, 5) is 42.5. The first-order chi connectivity index (χ1) is 15.1. The van der Waals surface area contributed by atoms with Crippen LogP contribution in [0, 0.1) is 0 Å². The van der Waals surface area contributed by atoms with Gasteiger partial charge >= 0.3 is 6.09 Å². The van der Waals surface area contributed by atoms with E-state index >= 15 is 0 Å². The van der Waals surface area contributed by atoms with Crippen molar-refractivity contribution in [2.24, 2.45) is 0 Å². The lowest BCUT2D eigenvalue weighted by atomic mass is 9.93. The smallest absolute Gasteiger partial charge is 0.414 e. The molecule has 0 fully saturated rings. The van der Waals surface area contributed by atoms with Gasteiger partial charge in [0.1, 0.15) is 5.78 Å². The quantitative estimate of drug-likeness (QED) is 0.530. The van der Waals surface area contributed by atoms with E-state index in [0.29, 0.717) is 37.4 Å². The lowest BCUT2D eigenvalue weighted by Crippen LogP contribution is -2.51. The SMILES string of the molecule is C=CCC(CN(C)CC(=O)CC)c1ccc2c(c1)N(C(=O)OC(C)C)C[C@H](C)N2C(C)=O. The fourth-order valence-electron chi connectivity index (χ4n) is 4.18. The summed E-state index contributed by atoms with van der Waals surface area (Å²) in [6.45, 7) is 14.3. The topological polar surface area (TPSA) is 70.2 Å². The number of carbonyl (C=O) groups excluding carboxylic acids is 3. The Morgan fingerprint density at radius 2 is 1.97 bits per heavy atom. The van der Waals surface area contributed by atoms with E-state index in [1.54, 1.807) is 9.80 Å². The van der Waals surface area contributed by atoms with Crippen molar-refractivity contribution in [2.75, 3.05) is 36.5 Å². The van der Waals surface area contributed by atoms with Crippen molar-refractivity contribution in [3.05, 3.63) is 36.4 Å². The summed E-state index contributed by atoms with van der Waals surface area (Å²) in [5, 5.41) is 0. The number of benzene rings is 1. The van der Waals surface area contributed by atoms with Gasteiger partial charge in [0.25, 0.3) is 0 Å². The highest BCUT2D eigenvalue weighted by Crippen LogP contribution is 2.39. The molecule has 32 heavy (non-hydrogen) atoms. The third-order valence-electron chi connectivity index (χ3n) is 5.63. The maximum Gasteiger partial charge on any atom is 0.414 e. The molecule has 1 aromatic carbocycles. The molecule has 1 aliphatic rings. The molecule has 0 saturated carbocycles. The van der Waals surface area contributed by atoms with Crippen LogP contribution in [0.5, 0.6) is 0 Å². The number of ketones is 1. The van der Waals surface area contributed by atoms with E-state index in [2.05, 4.69) is 6.58 Å². The van der Waals surface area contributed by atoms with Crippen LogP contribution in [-0.2, 0) is 14.3 Å². The van der Waals surface area contributed by atoms with Crippen LogP contribution in [0.3, 0.4) is 0 Å². The fourth-order valence-corrected chi connectivity index (χ4v) is 4.18. The van der Waals surface area contributed by atoms with Gasteiger partial charge in [-0.3, -0.25) is 19.4 Å². The predicted octanol–water partition coefficient (Wildman–Crippen LogP) is 4.36. The Kier molecular flexibility index (Phi) is 9.01. The summed E-state index contributed by atoms with van der Waals surface area (Å²) in [6.07, 6.45) is 2.45. The zero-order valence-corrected chi connectivity index (χ0v) is 20.3. The molecule has 7 nitrogen and oxygen atoms in total. The number of amides is 2. The molecule has 2 atom stereocenters. The van der Waals surface area contributed by atoms with Gasteiger partial charge in [0.15, 0.2) is 0 Å². The monoisotopic (exact) mass is 443 g/mol. The number of ether oxygens (including phenoxy) is 1. The van der Waals surface area contributed by atoms with E-state index in [-0.39, 0.29) is 29.8 Å². The molecular formula is C25H37N3O4. The van der Waals surface area contributed by atoms with Crippen LogP contribution in [0.2, 0.25) is 0 Å². The van der Waals surface area contributed by atoms with Crippen LogP contribution in [0.1, 0.15) is 58.9 Å². The second kappa shape index (κ2) is 11.3. The van der Waals surface area contributed by atoms with Crippen LogP contribution in [0.4, 0.5) is 16.2 Å². The largest absolute Gasteiger partial charge is 0.446 e.